The van der Waals surface area contributed by atoms with Gasteiger partial charge in [-0.2, -0.15) is 0 Å². The van der Waals surface area contributed by atoms with E-state index in [1.54, 1.807) is 6.92 Å². The number of hydrogen-bond acceptors (Lipinski definition) is 1. The van der Waals surface area contributed by atoms with E-state index < -0.39 is 0 Å². The molecule has 0 aromatic heterocycles. The summed E-state index contributed by atoms with van der Waals surface area (Å²) < 4.78 is 0. The third-order valence-electron chi connectivity index (χ3n) is 1.97. The third-order valence-corrected chi connectivity index (χ3v) is 1.97. The minimum atomic E-state index is 0.0581. The van der Waals surface area contributed by atoms with Crippen molar-refractivity contribution in [3.05, 3.63) is 54.1 Å². The SMILES string of the molecule is C=C(CC=Cc1ccccc1)C(C)=O. The second kappa shape index (κ2) is 5.18. The molecule has 0 unspecified atom stereocenters. The van der Waals surface area contributed by atoms with Crippen molar-refractivity contribution in [1.29, 1.82) is 0 Å². The van der Waals surface area contributed by atoms with Crippen LogP contribution in [0.25, 0.3) is 6.08 Å². The summed E-state index contributed by atoms with van der Waals surface area (Å²) in [5.41, 5.74) is 1.79. The average molecular weight is 186 g/mol. The van der Waals surface area contributed by atoms with Gasteiger partial charge < -0.3 is 0 Å². The Balaban J connectivity index is 2.50. The Morgan fingerprint density at radius 1 is 1.36 bits per heavy atom. The molecule has 0 aliphatic rings. The first-order valence-electron chi connectivity index (χ1n) is 4.60. The van der Waals surface area contributed by atoms with Gasteiger partial charge in [0, 0.05) is 0 Å². The van der Waals surface area contributed by atoms with Crippen molar-refractivity contribution in [2.75, 3.05) is 0 Å². The van der Waals surface area contributed by atoms with Crippen LogP contribution < -0.4 is 0 Å². The van der Waals surface area contributed by atoms with Crippen molar-refractivity contribution in [2.24, 2.45) is 0 Å². The molecule has 0 heterocycles. The normalized spacial score (nSPS) is 10.4. The predicted octanol–water partition coefficient (Wildman–Crippen LogP) is 3.24. The third kappa shape index (κ3) is 3.40. The Morgan fingerprint density at radius 3 is 2.57 bits per heavy atom. The molecule has 1 rings (SSSR count). The number of allylic oxidation sites excluding steroid dienone is 2. The predicted molar refractivity (Wildman–Crippen MR) is 59.9 cm³/mol. The zero-order valence-electron chi connectivity index (χ0n) is 8.36. The molecular weight excluding hydrogens is 172 g/mol. The summed E-state index contributed by atoms with van der Waals surface area (Å²) in [6, 6.07) is 9.99. The van der Waals surface area contributed by atoms with Gasteiger partial charge in [-0.15, -0.1) is 0 Å². The van der Waals surface area contributed by atoms with Crippen LogP contribution in [0, 0.1) is 0 Å². The minimum Gasteiger partial charge on any atom is -0.295 e. The molecule has 1 nitrogen and oxygen atoms in total. The van der Waals surface area contributed by atoms with Gasteiger partial charge in [-0.05, 0) is 24.5 Å². The van der Waals surface area contributed by atoms with Gasteiger partial charge in [0.1, 0.15) is 0 Å². The van der Waals surface area contributed by atoms with Crippen molar-refractivity contribution >= 4 is 11.9 Å². The van der Waals surface area contributed by atoms with Crippen LogP contribution >= 0.6 is 0 Å². The van der Waals surface area contributed by atoms with Gasteiger partial charge in [-0.25, -0.2) is 0 Å². The van der Waals surface area contributed by atoms with Gasteiger partial charge in [0.15, 0.2) is 5.78 Å². The molecule has 0 N–H and O–H groups in total. The largest absolute Gasteiger partial charge is 0.295 e. The first-order chi connectivity index (χ1) is 6.70. The Hall–Kier alpha value is -1.63. The fraction of sp³-hybridized carbons (Fsp3) is 0.154. The number of Topliss-reactive ketones (excluding diaryl/α,β-unsaturated/α-hetero) is 1. The lowest BCUT2D eigenvalue weighted by Crippen LogP contribution is -1.91. The molecule has 1 aromatic carbocycles. The van der Waals surface area contributed by atoms with Gasteiger partial charge in [0.25, 0.3) is 0 Å². The Kier molecular flexibility index (Phi) is 3.86. The molecule has 0 saturated carbocycles. The molecular formula is C13H14O. The molecule has 0 saturated heterocycles. The van der Waals surface area contributed by atoms with E-state index in [9.17, 15) is 4.79 Å². The van der Waals surface area contributed by atoms with Gasteiger partial charge in [-0.1, -0.05) is 49.1 Å². The molecule has 0 spiro atoms. The van der Waals surface area contributed by atoms with Crippen molar-refractivity contribution < 1.29 is 4.79 Å². The van der Waals surface area contributed by atoms with Crippen LogP contribution in [-0.4, -0.2) is 5.78 Å². The maximum atomic E-state index is 10.9. The van der Waals surface area contributed by atoms with E-state index in [2.05, 4.69) is 6.58 Å². The average Bonchev–Trinajstić information content (AvgIpc) is 2.19. The molecule has 0 aliphatic heterocycles. The number of hydrogen-bond donors (Lipinski definition) is 0. The van der Waals surface area contributed by atoms with E-state index in [0.717, 1.165) is 5.56 Å². The number of carbonyl (C=O) groups is 1. The van der Waals surface area contributed by atoms with E-state index in [1.165, 1.54) is 0 Å². The summed E-state index contributed by atoms with van der Waals surface area (Å²) in [5, 5.41) is 0. The van der Waals surface area contributed by atoms with Gasteiger partial charge in [0.05, 0.1) is 0 Å². The van der Waals surface area contributed by atoms with E-state index in [4.69, 9.17) is 0 Å². The fourth-order valence-electron chi connectivity index (χ4n) is 1.05. The number of carbonyl (C=O) groups excluding carboxylic acids is 1. The number of ketones is 1. The summed E-state index contributed by atoms with van der Waals surface area (Å²) in [4.78, 5) is 10.9. The summed E-state index contributed by atoms with van der Waals surface area (Å²) in [6.07, 6.45) is 4.58. The monoisotopic (exact) mass is 186 g/mol. The Labute approximate surface area is 84.8 Å². The van der Waals surface area contributed by atoms with Crippen LogP contribution in [0.15, 0.2) is 48.6 Å². The van der Waals surface area contributed by atoms with Crippen LogP contribution in [0.3, 0.4) is 0 Å². The van der Waals surface area contributed by atoms with Crippen molar-refractivity contribution in [1.82, 2.24) is 0 Å². The Bertz CT molecular complexity index is 347. The molecule has 0 radical (unpaired) electrons. The summed E-state index contributed by atoms with van der Waals surface area (Å²) >= 11 is 0. The summed E-state index contributed by atoms with van der Waals surface area (Å²) in [5.74, 6) is 0.0581. The second-order valence-electron chi connectivity index (χ2n) is 3.18. The van der Waals surface area contributed by atoms with Crippen LogP contribution in [0.2, 0.25) is 0 Å². The molecule has 14 heavy (non-hydrogen) atoms. The first-order valence-corrected chi connectivity index (χ1v) is 4.60. The molecule has 0 fully saturated rings. The highest BCUT2D eigenvalue weighted by Gasteiger charge is 1.95. The maximum Gasteiger partial charge on any atom is 0.155 e. The molecule has 72 valence electrons. The van der Waals surface area contributed by atoms with Gasteiger partial charge in [-0.3, -0.25) is 4.79 Å². The number of benzene rings is 1. The topological polar surface area (TPSA) is 17.1 Å². The van der Waals surface area contributed by atoms with Crippen molar-refractivity contribution in [2.45, 2.75) is 13.3 Å². The van der Waals surface area contributed by atoms with Crippen LogP contribution in [0.5, 0.6) is 0 Å². The van der Waals surface area contributed by atoms with Crippen molar-refractivity contribution in [3.63, 3.8) is 0 Å². The second-order valence-corrected chi connectivity index (χ2v) is 3.18. The molecule has 0 aliphatic carbocycles. The highest BCUT2D eigenvalue weighted by molar-refractivity contribution is 5.92. The molecule has 1 heteroatoms. The zero-order chi connectivity index (χ0) is 10.4. The van der Waals surface area contributed by atoms with Crippen molar-refractivity contribution in [3.8, 4) is 0 Å². The van der Waals surface area contributed by atoms with Crippen LogP contribution in [0.4, 0.5) is 0 Å². The zero-order valence-corrected chi connectivity index (χ0v) is 8.36. The lowest BCUT2D eigenvalue weighted by Gasteiger charge is -1.94. The van der Waals surface area contributed by atoms with Crippen LogP contribution in [0.1, 0.15) is 18.9 Å². The lowest BCUT2D eigenvalue weighted by molar-refractivity contribution is -0.113. The highest BCUT2D eigenvalue weighted by Crippen LogP contribution is 2.05. The highest BCUT2D eigenvalue weighted by atomic mass is 16.1. The van der Waals surface area contributed by atoms with Crippen LogP contribution in [-0.2, 0) is 4.79 Å². The van der Waals surface area contributed by atoms with E-state index in [0.29, 0.717) is 12.0 Å². The van der Waals surface area contributed by atoms with E-state index in [1.807, 2.05) is 42.5 Å². The first kappa shape index (κ1) is 10.5. The number of rotatable bonds is 4. The van der Waals surface area contributed by atoms with Gasteiger partial charge >= 0.3 is 0 Å². The van der Waals surface area contributed by atoms with Gasteiger partial charge in [0.2, 0.25) is 0 Å². The summed E-state index contributed by atoms with van der Waals surface area (Å²) in [7, 11) is 0. The standard InChI is InChI=1S/C13H14O/c1-11(12(2)14)7-6-10-13-8-4-3-5-9-13/h3-6,8-10H,1,7H2,2H3. The van der Waals surface area contributed by atoms with E-state index >= 15 is 0 Å². The quantitative estimate of drug-likeness (QED) is 0.660. The minimum absolute atomic E-state index is 0.0581. The molecule has 0 amide bonds. The molecule has 0 atom stereocenters. The fourth-order valence-corrected chi connectivity index (χ4v) is 1.05. The summed E-state index contributed by atoms with van der Waals surface area (Å²) in [6.45, 7) is 5.22. The molecule has 0 bridgehead atoms. The molecule has 1 aromatic rings. The maximum absolute atomic E-state index is 10.9. The Morgan fingerprint density at radius 2 is 2.00 bits per heavy atom. The lowest BCUT2D eigenvalue weighted by atomic mass is 10.1. The van der Waals surface area contributed by atoms with E-state index in [-0.39, 0.29) is 5.78 Å². The smallest absolute Gasteiger partial charge is 0.155 e.